The van der Waals surface area contributed by atoms with Gasteiger partial charge in [-0.25, -0.2) is 9.98 Å². The van der Waals surface area contributed by atoms with Crippen molar-refractivity contribution in [1.82, 2.24) is 20.6 Å². The van der Waals surface area contributed by atoms with Crippen molar-refractivity contribution in [1.29, 1.82) is 0 Å². The lowest BCUT2D eigenvalue weighted by Gasteiger charge is -2.11. The van der Waals surface area contributed by atoms with Gasteiger partial charge in [0, 0.05) is 43.7 Å². The van der Waals surface area contributed by atoms with Crippen LogP contribution in [-0.2, 0) is 19.6 Å². The number of hydrogen-bond acceptors (Lipinski definition) is 4. The van der Waals surface area contributed by atoms with Gasteiger partial charge in [0.05, 0.1) is 6.54 Å². The van der Waals surface area contributed by atoms with Crippen molar-refractivity contribution in [2.45, 2.75) is 26.5 Å². The van der Waals surface area contributed by atoms with Crippen molar-refractivity contribution in [3.63, 3.8) is 0 Å². The maximum Gasteiger partial charge on any atom is 0.213 e. The minimum atomic E-state index is 0.498. The summed E-state index contributed by atoms with van der Waals surface area (Å²) in [6, 6.07) is 19.9. The van der Waals surface area contributed by atoms with E-state index >= 15 is 0 Å². The van der Waals surface area contributed by atoms with Gasteiger partial charge in [0.15, 0.2) is 5.96 Å². The standard InChI is InChI=1S/C23H27N5O/c1-2-24-23(27-15-12-21-10-6-7-13-25-21)28-17-20-11-14-26-22(16-20)29-18-19-8-4-3-5-9-19/h3-11,13-14,16H,2,12,15,17-18H2,1H3,(H2,24,27,28). The number of aliphatic imine (C=N–C) groups is 1. The molecule has 3 aromatic rings. The number of benzene rings is 1. The molecule has 2 aromatic heterocycles. The summed E-state index contributed by atoms with van der Waals surface area (Å²) in [5.74, 6) is 1.39. The highest BCUT2D eigenvalue weighted by molar-refractivity contribution is 5.79. The molecule has 0 atom stereocenters. The Labute approximate surface area is 172 Å². The number of nitrogens with one attached hydrogen (secondary N) is 2. The van der Waals surface area contributed by atoms with Gasteiger partial charge in [0.1, 0.15) is 6.61 Å². The van der Waals surface area contributed by atoms with Gasteiger partial charge in [-0.15, -0.1) is 0 Å². The molecule has 0 amide bonds. The zero-order valence-corrected chi connectivity index (χ0v) is 16.7. The van der Waals surface area contributed by atoms with E-state index in [9.17, 15) is 0 Å². The van der Waals surface area contributed by atoms with Crippen LogP contribution in [0.3, 0.4) is 0 Å². The van der Waals surface area contributed by atoms with Gasteiger partial charge in [-0.1, -0.05) is 36.4 Å². The van der Waals surface area contributed by atoms with Crippen LogP contribution < -0.4 is 15.4 Å². The summed E-state index contributed by atoms with van der Waals surface area (Å²) in [6.07, 6.45) is 4.42. The molecule has 150 valence electrons. The van der Waals surface area contributed by atoms with Crippen LogP contribution in [0.5, 0.6) is 5.88 Å². The fourth-order valence-corrected chi connectivity index (χ4v) is 2.73. The lowest BCUT2D eigenvalue weighted by molar-refractivity contribution is 0.293. The van der Waals surface area contributed by atoms with Crippen molar-refractivity contribution < 1.29 is 4.74 Å². The maximum absolute atomic E-state index is 5.80. The van der Waals surface area contributed by atoms with Crippen LogP contribution in [-0.4, -0.2) is 29.0 Å². The third-order valence-corrected chi connectivity index (χ3v) is 4.19. The summed E-state index contributed by atoms with van der Waals surface area (Å²) in [4.78, 5) is 13.3. The van der Waals surface area contributed by atoms with Gasteiger partial charge < -0.3 is 15.4 Å². The predicted molar refractivity (Wildman–Crippen MR) is 116 cm³/mol. The molecular weight excluding hydrogens is 362 g/mol. The molecule has 6 heteroatoms. The minimum absolute atomic E-state index is 0.498. The van der Waals surface area contributed by atoms with Crippen molar-refractivity contribution in [2.75, 3.05) is 13.1 Å². The fraction of sp³-hybridized carbons (Fsp3) is 0.261. The van der Waals surface area contributed by atoms with Crippen LogP contribution in [0.2, 0.25) is 0 Å². The topological polar surface area (TPSA) is 71.4 Å². The van der Waals surface area contributed by atoms with E-state index in [1.54, 1.807) is 6.20 Å². The quantitative estimate of drug-likeness (QED) is 0.434. The Bertz CT molecular complexity index is 884. The molecular formula is C23H27N5O. The Morgan fingerprint density at radius 2 is 1.79 bits per heavy atom. The molecule has 0 fully saturated rings. The fourth-order valence-electron chi connectivity index (χ4n) is 2.73. The first-order chi connectivity index (χ1) is 14.3. The molecule has 0 aliphatic carbocycles. The van der Waals surface area contributed by atoms with Crippen molar-refractivity contribution >= 4 is 5.96 Å². The third kappa shape index (κ3) is 7.25. The first-order valence-electron chi connectivity index (χ1n) is 9.87. The lowest BCUT2D eigenvalue weighted by atomic mass is 10.2. The van der Waals surface area contributed by atoms with E-state index in [1.807, 2.05) is 66.9 Å². The zero-order valence-electron chi connectivity index (χ0n) is 16.7. The molecule has 2 N–H and O–H groups in total. The molecule has 0 saturated carbocycles. The van der Waals surface area contributed by atoms with Crippen LogP contribution in [0.4, 0.5) is 0 Å². The van der Waals surface area contributed by atoms with Crippen molar-refractivity contribution in [2.24, 2.45) is 4.99 Å². The first kappa shape index (κ1) is 20.3. The molecule has 0 unspecified atom stereocenters. The van der Waals surface area contributed by atoms with Gasteiger partial charge in [0.2, 0.25) is 5.88 Å². The van der Waals surface area contributed by atoms with Crippen LogP contribution in [0.25, 0.3) is 0 Å². The summed E-state index contributed by atoms with van der Waals surface area (Å²) >= 11 is 0. The number of hydrogen-bond donors (Lipinski definition) is 2. The summed E-state index contributed by atoms with van der Waals surface area (Å²) in [5, 5.41) is 6.62. The number of ether oxygens (including phenoxy) is 1. The number of pyridine rings is 2. The van der Waals surface area contributed by atoms with Gasteiger partial charge in [-0.3, -0.25) is 4.98 Å². The minimum Gasteiger partial charge on any atom is -0.473 e. The second kappa shape index (κ2) is 11.4. The Kier molecular flexibility index (Phi) is 8.02. The molecule has 0 bridgehead atoms. The molecule has 0 aliphatic heterocycles. The molecule has 29 heavy (non-hydrogen) atoms. The maximum atomic E-state index is 5.80. The molecule has 1 aromatic carbocycles. The van der Waals surface area contributed by atoms with Crippen LogP contribution in [0, 0.1) is 0 Å². The number of aromatic nitrogens is 2. The summed E-state index contributed by atoms with van der Waals surface area (Å²) < 4.78 is 5.80. The molecule has 0 saturated heterocycles. The van der Waals surface area contributed by atoms with Gasteiger partial charge >= 0.3 is 0 Å². The average molecular weight is 390 g/mol. The van der Waals surface area contributed by atoms with Crippen molar-refractivity contribution in [3.8, 4) is 5.88 Å². The summed E-state index contributed by atoms with van der Waals surface area (Å²) in [7, 11) is 0. The van der Waals surface area contributed by atoms with Gasteiger partial charge in [-0.05, 0) is 36.2 Å². The largest absolute Gasteiger partial charge is 0.473 e. The molecule has 6 nitrogen and oxygen atoms in total. The molecule has 3 rings (SSSR count). The third-order valence-electron chi connectivity index (χ3n) is 4.19. The second-order valence-corrected chi connectivity index (χ2v) is 6.47. The number of rotatable bonds is 9. The Hall–Kier alpha value is -3.41. The molecule has 2 heterocycles. The van der Waals surface area contributed by atoms with Crippen molar-refractivity contribution in [3.05, 3.63) is 89.9 Å². The van der Waals surface area contributed by atoms with Crippen LogP contribution in [0.1, 0.15) is 23.7 Å². The number of guanidine groups is 1. The Morgan fingerprint density at radius 3 is 2.59 bits per heavy atom. The SMILES string of the molecule is CCNC(=NCc1ccnc(OCc2ccccc2)c1)NCCc1ccccn1. The van der Waals surface area contributed by atoms with E-state index in [0.717, 1.165) is 42.3 Å². The highest BCUT2D eigenvalue weighted by Gasteiger charge is 2.02. The number of nitrogens with zero attached hydrogens (tertiary/aromatic N) is 3. The van der Waals surface area contributed by atoms with E-state index in [0.29, 0.717) is 19.0 Å². The van der Waals surface area contributed by atoms with E-state index < -0.39 is 0 Å². The Balaban J connectivity index is 1.52. The lowest BCUT2D eigenvalue weighted by Crippen LogP contribution is -2.38. The van der Waals surface area contributed by atoms with E-state index in [-0.39, 0.29) is 0 Å². The Morgan fingerprint density at radius 1 is 0.931 bits per heavy atom. The molecule has 0 aliphatic rings. The van der Waals surface area contributed by atoms with E-state index in [4.69, 9.17) is 4.74 Å². The van der Waals surface area contributed by atoms with Gasteiger partial charge in [0.25, 0.3) is 0 Å². The predicted octanol–water partition coefficient (Wildman–Crippen LogP) is 3.35. The average Bonchev–Trinajstić information content (AvgIpc) is 2.78. The first-order valence-corrected chi connectivity index (χ1v) is 9.87. The highest BCUT2D eigenvalue weighted by Crippen LogP contribution is 2.12. The molecule has 0 spiro atoms. The monoisotopic (exact) mass is 389 g/mol. The van der Waals surface area contributed by atoms with Crippen LogP contribution >= 0.6 is 0 Å². The summed E-state index contributed by atoms with van der Waals surface area (Å²) in [5.41, 5.74) is 3.22. The summed E-state index contributed by atoms with van der Waals surface area (Å²) in [6.45, 7) is 4.67. The van der Waals surface area contributed by atoms with E-state index in [1.165, 1.54) is 0 Å². The molecule has 0 radical (unpaired) electrons. The smallest absolute Gasteiger partial charge is 0.213 e. The highest BCUT2D eigenvalue weighted by atomic mass is 16.5. The second-order valence-electron chi connectivity index (χ2n) is 6.47. The van der Waals surface area contributed by atoms with Gasteiger partial charge in [-0.2, -0.15) is 0 Å². The zero-order chi connectivity index (χ0) is 20.2. The van der Waals surface area contributed by atoms with Crippen LogP contribution in [0.15, 0.2) is 78.0 Å². The normalized spacial score (nSPS) is 11.1. The van der Waals surface area contributed by atoms with E-state index in [2.05, 4.69) is 32.5 Å².